The third-order valence-electron chi connectivity index (χ3n) is 4.39. The van der Waals surface area contributed by atoms with Gasteiger partial charge >= 0.3 is 0 Å². The van der Waals surface area contributed by atoms with Gasteiger partial charge in [-0.25, -0.2) is 9.37 Å². The van der Waals surface area contributed by atoms with Crippen LogP contribution < -0.4 is 5.73 Å². The van der Waals surface area contributed by atoms with Gasteiger partial charge in [0.1, 0.15) is 11.3 Å². The summed E-state index contributed by atoms with van der Waals surface area (Å²) in [5.74, 6) is -0.0219. The molecule has 7 heteroatoms. The Kier molecular flexibility index (Phi) is 5.06. The average Bonchev–Trinajstić information content (AvgIpc) is 3.05. The fourth-order valence-electron chi connectivity index (χ4n) is 3.01. The van der Waals surface area contributed by atoms with E-state index in [1.165, 1.54) is 10.6 Å². The molecular formula is C19H24FN5O. The van der Waals surface area contributed by atoms with Crippen molar-refractivity contribution < 1.29 is 9.18 Å². The Morgan fingerprint density at radius 2 is 2.12 bits per heavy atom. The van der Waals surface area contributed by atoms with E-state index >= 15 is 0 Å². The van der Waals surface area contributed by atoms with E-state index in [4.69, 9.17) is 5.73 Å². The molecule has 26 heavy (non-hydrogen) atoms. The van der Waals surface area contributed by atoms with Crippen molar-refractivity contribution >= 4 is 28.3 Å². The Bertz CT molecular complexity index is 950. The normalized spacial score (nSPS) is 11.6. The van der Waals surface area contributed by atoms with Crippen molar-refractivity contribution in [1.82, 2.24) is 19.5 Å². The predicted octanol–water partition coefficient (Wildman–Crippen LogP) is 3.50. The average molecular weight is 357 g/mol. The topological polar surface area (TPSA) is 76.5 Å². The maximum absolute atomic E-state index is 14.0. The fraction of sp³-hybridized carbons (Fsp3) is 0.421. The summed E-state index contributed by atoms with van der Waals surface area (Å²) in [6, 6.07) is 6.36. The number of hydrogen-bond acceptors (Lipinski definition) is 4. The van der Waals surface area contributed by atoms with Crippen LogP contribution in [-0.4, -0.2) is 38.5 Å². The number of rotatable bonds is 6. The van der Waals surface area contributed by atoms with Crippen LogP contribution in [0.3, 0.4) is 0 Å². The van der Waals surface area contributed by atoms with Crippen LogP contribution in [0, 0.1) is 11.7 Å². The van der Waals surface area contributed by atoms with Gasteiger partial charge in [-0.05, 0) is 30.9 Å². The molecular weight excluding hydrogens is 333 g/mol. The number of aromatic nitrogens is 3. The third-order valence-corrected chi connectivity index (χ3v) is 4.39. The molecule has 2 heterocycles. The second-order valence-electron chi connectivity index (χ2n) is 6.91. The summed E-state index contributed by atoms with van der Waals surface area (Å²) >= 11 is 0. The van der Waals surface area contributed by atoms with E-state index < -0.39 is 5.82 Å². The summed E-state index contributed by atoms with van der Waals surface area (Å²) in [7, 11) is 0. The lowest BCUT2D eigenvalue weighted by molar-refractivity contribution is 0.0742. The van der Waals surface area contributed by atoms with Crippen LogP contribution in [0.5, 0.6) is 0 Å². The van der Waals surface area contributed by atoms with Gasteiger partial charge in [0.05, 0.1) is 5.52 Å². The molecule has 0 aliphatic rings. The number of nitrogen functional groups attached to an aromatic ring is 1. The van der Waals surface area contributed by atoms with Gasteiger partial charge in [-0.15, -0.1) is 0 Å². The van der Waals surface area contributed by atoms with Crippen LogP contribution in [-0.2, 0) is 0 Å². The molecule has 0 saturated carbocycles. The molecule has 3 aromatic rings. The van der Waals surface area contributed by atoms with Gasteiger partial charge in [0.25, 0.3) is 5.91 Å². The van der Waals surface area contributed by atoms with Crippen LogP contribution in [0.15, 0.2) is 24.3 Å². The Hall–Kier alpha value is -2.70. The first-order valence-electron chi connectivity index (χ1n) is 8.95. The number of carbonyl (C=O) groups is 1. The summed E-state index contributed by atoms with van der Waals surface area (Å²) < 4.78 is 15.4. The van der Waals surface area contributed by atoms with Gasteiger partial charge in [-0.2, -0.15) is 9.61 Å². The fourth-order valence-corrected chi connectivity index (χ4v) is 3.01. The van der Waals surface area contributed by atoms with Crippen LogP contribution >= 0.6 is 0 Å². The van der Waals surface area contributed by atoms with E-state index in [0.717, 1.165) is 12.8 Å². The quantitative estimate of drug-likeness (QED) is 0.732. The van der Waals surface area contributed by atoms with Crippen LogP contribution in [0.25, 0.3) is 16.4 Å². The van der Waals surface area contributed by atoms with Crippen molar-refractivity contribution in [1.29, 1.82) is 0 Å². The number of amides is 1. The number of halogens is 1. The number of para-hydroxylation sites is 1. The molecule has 138 valence electrons. The number of benzene rings is 1. The lowest BCUT2D eigenvalue weighted by Gasteiger charge is -2.22. The molecule has 0 unspecified atom stereocenters. The smallest absolute Gasteiger partial charge is 0.274 e. The molecule has 1 aromatic carbocycles. The van der Waals surface area contributed by atoms with Gasteiger partial charge in [-0.1, -0.05) is 32.9 Å². The van der Waals surface area contributed by atoms with E-state index in [0.29, 0.717) is 35.6 Å². The highest BCUT2D eigenvalue weighted by Gasteiger charge is 2.21. The third kappa shape index (κ3) is 3.34. The van der Waals surface area contributed by atoms with Gasteiger partial charge in [0, 0.05) is 18.5 Å². The summed E-state index contributed by atoms with van der Waals surface area (Å²) in [6.07, 6.45) is 1.80. The van der Waals surface area contributed by atoms with Gasteiger partial charge < -0.3 is 10.6 Å². The standard InChI is InChI=1S/C19H24FN5O/c1-4-9-24(10-8-12(2)3)18(26)15-11-16-13-6-5-7-14(20)17(13)22-19(21)25(16)23-15/h5-7,11-12H,4,8-10H2,1-3H3,(H2,21,22). The zero-order valence-corrected chi connectivity index (χ0v) is 15.4. The van der Waals surface area contributed by atoms with Crippen molar-refractivity contribution in [2.24, 2.45) is 5.92 Å². The van der Waals surface area contributed by atoms with E-state index in [1.54, 1.807) is 18.2 Å². The highest BCUT2D eigenvalue weighted by molar-refractivity contribution is 5.99. The minimum Gasteiger partial charge on any atom is -0.368 e. The van der Waals surface area contributed by atoms with Crippen molar-refractivity contribution in [2.75, 3.05) is 18.8 Å². The Balaban J connectivity index is 2.04. The molecule has 0 spiro atoms. The summed E-state index contributed by atoms with van der Waals surface area (Å²) in [4.78, 5) is 18.9. The minimum absolute atomic E-state index is 0.0564. The number of nitrogens with two attached hydrogens (primary N) is 1. The summed E-state index contributed by atoms with van der Waals surface area (Å²) in [6.45, 7) is 7.65. The van der Waals surface area contributed by atoms with Crippen molar-refractivity contribution in [3.63, 3.8) is 0 Å². The molecule has 0 aliphatic carbocycles. The van der Waals surface area contributed by atoms with Crippen molar-refractivity contribution in [3.8, 4) is 0 Å². The summed E-state index contributed by atoms with van der Waals surface area (Å²) in [5, 5.41) is 4.92. The van der Waals surface area contributed by atoms with Crippen molar-refractivity contribution in [2.45, 2.75) is 33.6 Å². The van der Waals surface area contributed by atoms with Crippen LogP contribution in [0.4, 0.5) is 10.3 Å². The van der Waals surface area contributed by atoms with Crippen LogP contribution in [0.2, 0.25) is 0 Å². The molecule has 0 saturated heterocycles. The lowest BCUT2D eigenvalue weighted by atomic mass is 10.1. The second-order valence-corrected chi connectivity index (χ2v) is 6.91. The van der Waals surface area contributed by atoms with Crippen molar-refractivity contribution in [3.05, 3.63) is 35.8 Å². The van der Waals surface area contributed by atoms with E-state index in [9.17, 15) is 9.18 Å². The highest BCUT2D eigenvalue weighted by Crippen LogP contribution is 2.24. The molecule has 1 amide bonds. The maximum Gasteiger partial charge on any atom is 0.274 e. The number of hydrogen-bond donors (Lipinski definition) is 1. The first-order valence-corrected chi connectivity index (χ1v) is 8.95. The molecule has 0 radical (unpaired) electrons. The zero-order valence-electron chi connectivity index (χ0n) is 15.4. The Morgan fingerprint density at radius 3 is 2.81 bits per heavy atom. The van der Waals surface area contributed by atoms with Crippen LogP contribution in [0.1, 0.15) is 44.1 Å². The SMILES string of the molecule is CCCN(CCC(C)C)C(=O)c1cc2c3cccc(F)c3nc(N)n2n1. The highest BCUT2D eigenvalue weighted by atomic mass is 19.1. The van der Waals surface area contributed by atoms with E-state index in [-0.39, 0.29) is 17.4 Å². The predicted molar refractivity (Wildman–Crippen MR) is 101 cm³/mol. The van der Waals surface area contributed by atoms with Gasteiger partial charge in [0.15, 0.2) is 5.69 Å². The number of anilines is 1. The van der Waals surface area contributed by atoms with Gasteiger partial charge in [-0.3, -0.25) is 4.79 Å². The molecule has 2 N–H and O–H groups in total. The number of nitrogens with zero attached hydrogens (tertiary/aromatic N) is 4. The molecule has 0 aliphatic heterocycles. The molecule has 0 fully saturated rings. The molecule has 2 aromatic heterocycles. The lowest BCUT2D eigenvalue weighted by Crippen LogP contribution is -2.33. The second kappa shape index (κ2) is 7.27. The first kappa shape index (κ1) is 18.1. The number of carbonyl (C=O) groups excluding carboxylic acids is 1. The zero-order chi connectivity index (χ0) is 18.8. The maximum atomic E-state index is 14.0. The molecule has 6 nitrogen and oxygen atoms in total. The molecule has 3 rings (SSSR count). The molecule has 0 bridgehead atoms. The van der Waals surface area contributed by atoms with E-state index in [2.05, 4.69) is 23.9 Å². The first-order chi connectivity index (χ1) is 12.4. The summed E-state index contributed by atoms with van der Waals surface area (Å²) in [5.41, 5.74) is 7.00. The monoisotopic (exact) mass is 357 g/mol. The largest absolute Gasteiger partial charge is 0.368 e. The van der Waals surface area contributed by atoms with E-state index in [1.807, 2.05) is 11.8 Å². The van der Waals surface area contributed by atoms with Gasteiger partial charge in [0.2, 0.25) is 5.95 Å². The number of fused-ring (bicyclic) bond motifs is 3. The Morgan fingerprint density at radius 1 is 1.35 bits per heavy atom. The molecule has 0 atom stereocenters. The Labute approximate surface area is 151 Å². The minimum atomic E-state index is -0.449.